The molecule has 0 radical (unpaired) electrons. The van der Waals surface area contributed by atoms with Gasteiger partial charge >= 0.3 is 6.03 Å². The number of carbonyl (C=O) groups is 3. The van der Waals surface area contributed by atoms with Gasteiger partial charge in [0.05, 0.1) is 0 Å². The number of fused-ring (bicyclic) bond motifs is 1. The highest BCUT2D eigenvalue weighted by Crippen LogP contribution is 2.36. The predicted octanol–water partition coefficient (Wildman–Crippen LogP) is 3.43. The number of imide groups is 1. The van der Waals surface area contributed by atoms with Gasteiger partial charge in [0.2, 0.25) is 5.91 Å². The molecule has 1 saturated carbocycles. The van der Waals surface area contributed by atoms with Crippen LogP contribution in [0.2, 0.25) is 5.02 Å². The van der Waals surface area contributed by atoms with Crippen LogP contribution in [0.15, 0.2) is 18.2 Å². The molecule has 0 spiro atoms. The molecule has 3 atom stereocenters. The molecule has 156 valence electrons. The molecule has 1 aliphatic carbocycles. The van der Waals surface area contributed by atoms with E-state index >= 15 is 0 Å². The van der Waals surface area contributed by atoms with Crippen molar-refractivity contribution < 1.29 is 18.8 Å². The van der Waals surface area contributed by atoms with Crippen molar-refractivity contribution in [1.82, 2.24) is 15.1 Å². The number of piperidine rings is 1. The predicted molar refractivity (Wildman–Crippen MR) is 106 cm³/mol. The maximum absolute atomic E-state index is 13.4. The lowest BCUT2D eigenvalue weighted by Gasteiger charge is -2.44. The Morgan fingerprint density at radius 2 is 1.97 bits per heavy atom. The van der Waals surface area contributed by atoms with Gasteiger partial charge in [-0.2, -0.15) is 0 Å². The zero-order chi connectivity index (χ0) is 20.8. The van der Waals surface area contributed by atoms with Crippen molar-refractivity contribution in [2.45, 2.75) is 57.0 Å². The third-order valence-corrected chi connectivity index (χ3v) is 6.91. The molecule has 2 aliphatic heterocycles. The third-order valence-electron chi connectivity index (χ3n) is 6.60. The smallest absolute Gasteiger partial charge is 0.325 e. The standard InChI is InChI=1S/C21H25ClFN3O3/c1-21(15-9-8-14(23)11-16(15)22)19(28)26(20(29)24-21)12-18(27)25-10-4-6-13-5-2-3-7-17(13)25/h8-9,11,13,17H,2-7,10,12H2,1H3,(H,24,29). The fourth-order valence-electron chi connectivity index (χ4n) is 5.08. The minimum atomic E-state index is -1.43. The molecule has 4 amide bonds. The Morgan fingerprint density at radius 1 is 1.24 bits per heavy atom. The molecule has 3 aliphatic rings. The molecule has 3 fully saturated rings. The number of hydrogen-bond donors (Lipinski definition) is 1. The summed E-state index contributed by atoms with van der Waals surface area (Å²) >= 11 is 6.13. The molecule has 8 heteroatoms. The van der Waals surface area contributed by atoms with E-state index in [4.69, 9.17) is 11.6 Å². The highest BCUT2D eigenvalue weighted by atomic mass is 35.5. The van der Waals surface area contributed by atoms with Gasteiger partial charge in [-0.3, -0.25) is 14.5 Å². The van der Waals surface area contributed by atoms with Gasteiger partial charge in [-0.05, 0) is 50.7 Å². The fourth-order valence-corrected chi connectivity index (χ4v) is 5.43. The molecular weight excluding hydrogens is 397 g/mol. The van der Waals surface area contributed by atoms with Crippen LogP contribution in [0.4, 0.5) is 9.18 Å². The average Bonchev–Trinajstić information content (AvgIpc) is 2.91. The molecule has 1 N–H and O–H groups in total. The van der Waals surface area contributed by atoms with Crippen molar-refractivity contribution in [3.63, 3.8) is 0 Å². The van der Waals surface area contributed by atoms with E-state index in [0.717, 1.165) is 43.1 Å². The molecular formula is C21H25ClFN3O3. The topological polar surface area (TPSA) is 69.7 Å². The molecule has 4 rings (SSSR count). The first-order valence-electron chi connectivity index (χ1n) is 10.2. The number of benzene rings is 1. The first-order valence-corrected chi connectivity index (χ1v) is 10.6. The lowest BCUT2D eigenvalue weighted by molar-refractivity contribution is -0.142. The fraction of sp³-hybridized carbons (Fsp3) is 0.571. The van der Waals surface area contributed by atoms with Gasteiger partial charge in [0.15, 0.2) is 0 Å². The van der Waals surface area contributed by atoms with Gasteiger partial charge in [0.1, 0.15) is 17.9 Å². The molecule has 2 saturated heterocycles. The number of nitrogens with zero attached hydrogens (tertiary/aromatic N) is 2. The molecule has 0 aromatic heterocycles. The van der Waals surface area contributed by atoms with Crippen LogP contribution in [0.5, 0.6) is 0 Å². The first-order chi connectivity index (χ1) is 13.8. The van der Waals surface area contributed by atoms with Crippen molar-refractivity contribution in [1.29, 1.82) is 0 Å². The maximum atomic E-state index is 13.4. The van der Waals surface area contributed by atoms with Crippen LogP contribution in [0.1, 0.15) is 51.0 Å². The van der Waals surface area contributed by atoms with Crippen LogP contribution in [0.25, 0.3) is 0 Å². The first kappa shape index (κ1) is 20.1. The van der Waals surface area contributed by atoms with E-state index in [2.05, 4.69) is 5.32 Å². The maximum Gasteiger partial charge on any atom is 0.325 e. The molecule has 0 bridgehead atoms. The Balaban J connectivity index is 1.52. The van der Waals surface area contributed by atoms with Crippen LogP contribution >= 0.6 is 11.6 Å². The molecule has 2 heterocycles. The number of urea groups is 1. The Kier molecular flexibility index (Phi) is 5.27. The average molecular weight is 422 g/mol. The van der Waals surface area contributed by atoms with Crippen LogP contribution in [-0.2, 0) is 15.1 Å². The van der Waals surface area contributed by atoms with E-state index in [1.165, 1.54) is 25.5 Å². The van der Waals surface area contributed by atoms with Crippen molar-refractivity contribution in [2.24, 2.45) is 5.92 Å². The zero-order valence-corrected chi connectivity index (χ0v) is 17.2. The summed E-state index contributed by atoms with van der Waals surface area (Å²) in [5.74, 6) is -0.757. The van der Waals surface area contributed by atoms with E-state index in [0.29, 0.717) is 18.0 Å². The van der Waals surface area contributed by atoms with Crippen LogP contribution in [0.3, 0.4) is 0 Å². The van der Waals surface area contributed by atoms with Crippen molar-refractivity contribution in [3.05, 3.63) is 34.6 Å². The number of nitrogens with one attached hydrogen (secondary N) is 1. The summed E-state index contributed by atoms with van der Waals surface area (Å²) in [6, 6.07) is 3.26. The van der Waals surface area contributed by atoms with Crippen LogP contribution in [-0.4, -0.2) is 46.8 Å². The van der Waals surface area contributed by atoms with Gasteiger partial charge in [-0.15, -0.1) is 0 Å². The van der Waals surface area contributed by atoms with Gasteiger partial charge < -0.3 is 10.2 Å². The molecule has 6 nitrogen and oxygen atoms in total. The molecule has 1 aromatic rings. The van der Waals surface area contributed by atoms with Gasteiger partial charge in [0, 0.05) is 23.2 Å². The normalized spacial score (nSPS) is 29.6. The van der Waals surface area contributed by atoms with Gasteiger partial charge in [0.25, 0.3) is 5.91 Å². The monoisotopic (exact) mass is 421 g/mol. The van der Waals surface area contributed by atoms with E-state index < -0.39 is 23.3 Å². The largest absolute Gasteiger partial charge is 0.338 e. The highest BCUT2D eigenvalue weighted by Gasteiger charge is 2.51. The Hall–Kier alpha value is -2.15. The number of carbonyl (C=O) groups excluding carboxylic acids is 3. The summed E-state index contributed by atoms with van der Waals surface area (Å²) in [7, 11) is 0. The Bertz CT molecular complexity index is 862. The van der Waals surface area contributed by atoms with E-state index in [9.17, 15) is 18.8 Å². The lowest BCUT2D eigenvalue weighted by atomic mass is 9.78. The van der Waals surface area contributed by atoms with Gasteiger partial charge in [-0.25, -0.2) is 9.18 Å². The van der Waals surface area contributed by atoms with E-state index in [-0.39, 0.29) is 23.5 Å². The summed E-state index contributed by atoms with van der Waals surface area (Å²) in [6.45, 7) is 1.90. The molecule has 1 aromatic carbocycles. The lowest BCUT2D eigenvalue weighted by Crippen LogP contribution is -2.53. The second-order valence-electron chi connectivity index (χ2n) is 8.41. The number of likely N-dealkylation sites (tertiary alicyclic amines) is 1. The number of rotatable bonds is 3. The second kappa shape index (κ2) is 7.59. The summed E-state index contributed by atoms with van der Waals surface area (Å²) < 4.78 is 13.4. The molecule has 29 heavy (non-hydrogen) atoms. The molecule has 3 unspecified atom stereocenters. The summed E-state index contributed by atoms with van der Waals surface area (Å²) in [5.41, 5.74) is -1.13. The number of hydrogen-bond acceptors (Lipinski definition) is 3. The quantitative estimate of drug-likeness (QED) is 0.760. The minimum absolute atomic E-state index is 0.0513. The van der Waals surface area contributed by atoms with Crippen molar-refractivity contribution in [3.8, 4) is 0 Å². The number of amides is 4. The Labute approximate surface area is 174 Å². The van der Waals surface area contributed by atoms with Crippen molar-refractivity contribution in [2.75, 3.05) is 13.1 Å². The van der Waals surface area contributed by atoms with Crippen LogP contribution in [0, 0.1) is 11.7 Å². The van der Waals surface area contributed by atoms with E-state index in [1.807, 2.05) is 4.90 Å². The SMILES string of the molecule is CC1(c2ccc(F)cc2Cl)NC(=O)N(CC(=O)N2CCCC3CCCCC32)C1=O. The van der Waals surface area contributed by atoms with Crippen LogP contribution < -0.4 is 5.32 Å². The summed E-state index contributed by atoms with van der Waals surface area (Å²) in [5, 5.41) is 2.68. The van der Waals surface area contributed by atoms with Gasteiger partial charge in [-0.1, -0.05) is 30.5 Å². The zero-order valence-electron chi connectivity index (χ0n) is 16.4. The van der Waals surface area contributed by atoms with Crippen molar-refractivity contribution >= 4 is 29.4 Å². The Morgan fingerprint density at radius 3 is 2.72 bits per heavy atom. The third kappa shape index (κ3) is 3.50. The highest BCUT2D eigenvalue weighted by molar-refractivity contribution is 6.32. The second-order valence-corrected chi connectivity index (χ2v) is 8.82. The summed E-state index contributed by atoms with van der Waals surface area (Å²) in [4.78, 5) is 41.5. The van der Waals surface area contributed by atoms with E-state index in [1.54, 1.807) is 0 Å². The number of halogens is 2. The minimum Gasteiger partial charge on any atom is -0.338 e. The summed E-state index contributed by atoms with van der Waals surface area (Å²) in [6.07, 6.45) is 6.52.